The van der Waals surface area contributed by atoms with Gasteiger partial charge >= 0.3 is 5.69 Å². The van der Waals surface area contributed by atoms with Gasteiger partial charge in [-0.3, -0.25) is 24.4 Å². The van der Waals surface area contributed by atoms with Crippen molar-refractivity contribution in [1.82, 2.24) is 15.3 Å². The summed E-state index contributed by atoms with van der Waals surface area (Å²) in [6.07, 6.45) is -0.0872. The molecule has 1 aliphatic heterocycles. The van der Waals surface area contributed by atoms with Crippen LogP contribution in [0, 0.1) is 6.92 Å². The number of carbonyl (C=O) groups is 2. The zero-order valence-corrected chi connectivity index (χ0v) is 21.2. The van der Waals surface area contributed by atoms with E-state index < -0.39 is 34.3 Å². The van der Waals surface area contributed by atoms with Crippen LogP contribution < -0.4 is 26.8 Å². The summed E-state index contributed by atoms with van der Waals surface area (Å²) in [4.78, 5) is 60.1. The van der Waals surface area contributed by atoms with Gasteiger partial charge in [0, 0.05) is 31.9 Å². The topological polar surface area (TPSA) is 160 Å². The Bertz CT molecular complexity index is 1460. The highest BCUT2D eigenvalue weighted by Gasteiger charge is 2.33. The third-order valence-corrected chi connectivity index (χ3v) is 6.78. The van der Waals surface area contributed by atoms with Crippen LogP contribution in [0.3, 0.4) is 0 Å². The van der Waals surface area contributed by atoms with E-state index in [1.807, 2.05) is 50.2 Å². The number of carbonyl (C=O) groups excluding carboxylic acids is 2. The van der Waals surface area contributed by atoms with Gasteiger partial charge in [-0.25, -0.2) is 9.79 Å². The molecule has 0 saturated carbocycles. The monoisotopic (exact) mass is 522 g/mol. The molecule has 2 amide bonds. The predicted octanol–water partition coefficient (Wildman–Crippen LogP) is 1.85. The fourth-order valence-corrected chi connectivity index (χ4v) is 4.73. The van der Waals surface area contributed by atoms with Crippen LogP contribution in [0.4, 0.5) is 11.4 Å². The number of aliphatic imine (C=N–C) groups is 1. The largest absolute Gasteiger partial charge is 0.494 e. The Hall–Kier alpha value is -4.32. The normalized spacial score (nSPS) is 16.9. The van der Waals surface area contributed by atoms with E-state index in [0.29, 0.717) is 11.3 Å². The zero-order chi connectivity index (χ0) is 26.7. The van der Waals surface area contributed by atoms with Crippen molar-refractivity contribution < 1.29 is 14.7 Å². The van der Waals surface area contributed by atoms with Gasteiger partial charge in [-0.05, 0) is 36.8 Å². The maximum Gasteiger partial charge on any atom is 0.328 e. The molecule has 2 aromatic carbocycles. The molecular formula is C25H26N6O5S. The van der Waals surface area contributed by atoms with Crippen LogP contribution in [-0.4, -0.2) is 51.4 Å². The van der Waals surface area contributed by atoms with Gasteiger partial charge in [0.1, 0.15) is 16.9 Å². The lowest BCUT2D eigenvalue weighted by Crippen LogP contribution is -2.29. The lowest BCUT2D eigenvalue weighted by Gasteiger charge is -2.17. The second-order valence-electron chi connectivity index (χ2n) is 8.71. The van der Waals surface area contributed by atoms with E-state index in [9.17, 15) is 24.3 Å². The van der Waals surface area contributed by atoms with Gasteiger partial charge in [0.15, 0.2) is 5.17 Å². The zero-order valence-electron chi connectivity index (χ0n) is 20.4. The number of amidine groups is 1. The second-order valence-corrected chi connectivity index (χ2v) is 9.90. The highest BCUT2D eigenvalue weighted by atomic mass is 32.2. The minimum Gasteiger partial charge on any atom is -0.494 e. The molecular weight excluding hydrogens is 496 g/mol. The number of aromatic hydroxyl groups is 1. The van der Waals surface area contributed by atoms with Crippen LogP contribution in [0.5, 0.6) is 5.88 Å². The number of hydrogen-bond donors (Lipinski definition) is 5. The molecule has 1 fully saturated rings. The SMILES string of the molecule is Cc1ccc(NC(=O)C[C@@H]2SC(=N[C@H](c3ccc(N(C)C)cc3)c3c(O)[nH]c(=O)[nH]c3=O)NC2=O)cc1. The number of aryl methyl sites for hydroxylation is 1. The Morgan fingerprint density at radius 1 is 1.08 bits per heavy atom. The molecule has 0 radical (unpaired) electrons. The van der Waals surface area contributed by atoms with E-state index >= 15 is 0 Å². The molecule has 1 aromatic heterocycles. The number of H-pyrrole nitrogens is 2. The number of rotatable bonds is 7. The van der Waals surface area contributed by atoms with E-state index in [1.54, 1.807) is 24.3 Å². The van der Waals surface area contributed by atoms with E-state index in [1.165, 1.54) is 0 Å². The van der Waals surface area contributed by atoms with Crippen LogP contribution in [-0.2, 0) is 9.59 Å². The van der Waals surface area contributed by atoms with Crippen molar-refractivity contribution in [3.05, 3.63) is 86.1 Å². The molecule has 2 atom stereocenters. The first kappa shape index (κ1) is 25.8. The lowest BCUT2D eigenvalue weighted by molar-refractivity contribution is -0.122. The molecule has 12 heteroatoms. The quantitative estimate of drug-likeness (QED) is 0.317. The van der Waals surface area contributed by atoms with Crippen molar-refractivity contribution in [2.24, 2.45) is 4.99 Å². The smallest absolute Gasteiger partial charge is 0.328 e. The van der Waals surface area contributed by atoms with Crippen molar-refractivity contribution in [2.75, 3.05) is 24.3 Å². The van der Waals surface area contributed by atoms with Crippen molar-refractivity contribution in [3.63, 3.8) is 0 Å². The molecule has 0 bridgehead atoms. The number of amides is 2. The van der Waals surface area contributed by atoms with Gasteiger partial charge < -0.3 is 20.6 Å². The van der Waals surface area contributed by atoms with Gasteiger partial charge in [-0.2, -0.15) is 0 Å². The first-order valence-electron chi connectivity index (χ1n) is 11.4. The van der Waals surface area contributed by atoms with Crippen molar-refractivity contribution in [2.45, 2.75) is 24.6 Å². The maximum absolute atomic E-state index is 12.6. The Morgan fingerprint density at radius 3 is 2.38 bits per heavy atom. The molecule has 1 aliphatic rings. The molecule has 5 N–H and O–H groups in total. The molecule has 1 saturated heterocycles. The number of benzene rings is 2. The fraction of sp³-hybridized carbons (Fsp3) is 0.240. The standard InChI is InChI=1S/C25H26N6O5S/c1-13-4-8-15(9-5-13)26-18(32)12-17-21(33)30-25(37-17)27-20(14-6-10-16(11-7-14)31(2)3)19-22(34)28-24(36)29-23(19)35/h4-11,17,20H,12H2,1-3H3,(H,26,32)(H,27,30,33)(H3,28,29,34,35,36)/t17-,20+/m0/s1. The van der Waals surface area contributed by atoms with Crippen LogP contribution >= 0.6 is 11.8 Å². The molecule has 4 rings (SSSR count). The number of nitrogens with one attached hydrogen (secondary N) is 4. The van der Waals surface area contributed by atoms with Gasteiger partial charge in [-0.15, -0.1) is 0 Å². The number of anilines is 2. The summed E-state index contributed by atoms with van der Waals surface area (Å²) in [5, 5.41) is 15.3. The molecule has 37 heavy (non-hydrogen) atoms. The van der Waals surface area contributed by atoms with Gasteiger partial charge in [-0.1, -0.05) is 41.6 Å². The van der Waals surface area contributed by atoms with Gasteiger partial charge in [0.05, 0.1) is 0 Å². The maximum atomic E-state index is 12.6. The van der Waals surface area contributed by atoms with Gasteiger partial charge in [0.2, 0.25) is 17.7 Å². The average molecular weight is 523 g/mol. The van der Waals surface area contributed by atoms with Crippen molar-refractivity contribution >= 4 is 40.1 Å². The summed E-state index contributed by atoms with van der Waals surface area (Å²) in [5.41, 5.74) is 1.28. The Morgan fingerprint density at radius 2 is 1.76 bits per heavy atom. The van der Waals surface area contributed by atoms with Crippen LogP contribution in [0.25, 0.3) is 0 Å². The lowest BCUT2D eigenvalue weighted by atomic mass is 10.0. The summed E-state index contributed by atoms with van der Waals surface area (Å²) in [5.74, 6) is -1.35. The van der Waals surface area contributed by atoms with Gasteiger partial charge in [0.25, 0.3) is 5.56 Å². The number of thioether (sulfide) groups is 1. The summed E-state index contributed by atoms with van der Waals surface area (Å²) >= 11 is 1.06. The minimum absolute atomic E-state index is 0.0872. The Balaban J connectivity index is 1.60. The number of nitrogens with zero attached hydrogens (tertiary/aromatic N) is 2. The molecule has 0 spiro atoms. The summed E-state index contributed by atoms with van der Waals surface area (Å²) < 4.78 is 0. The third-order valence-electron chi connectivity index (χ3n) is 5.69. The average Bonchev–Trinajstić information content (AvgIpc) is 3.17. The molecule has 2 heterocycles. The van der Waals surface area contributed by atoms with E-state index in [-0.39, 0.29) is 23.1 Å². The van der Waals surface area contributed by atoms with E-state index in [0.717, 1.165) is 23.0 Å². The van der Waals surface area contributed by atoms with Crippen molar-refractivity contribution in [3.8, 4) is 5.88 Å². The first-order valence-corrected chi connectivity index (χ1v) is 12.2. The van der Waals surface area contributed by atoms with Crippen molar-refractivity contribution in [1.29, 1.82) is 0 Å². The highest BCUT2D eigenvalue weighted by molar-refractivity contribution is 8.15. The highest BCUT2D eigenvalue weighted by Crippen LogP contribution is 2.32. The molecule has 0 aliphatic carbocycles. The second kappa shape index (κ2) is 10.7. The van der Waals surface area contributed by atoms with Crippen LogP contribution in [0.1, 0.15) is 29.2 Å². The number of aromatic nitrogens is 2. The third kappa shape index (κ3) is 6.09. The van der Waals surface area contributed by atoms with Crippen LogP contribution in [0.2, 0.25) is 0 Å². The number of hydrogen-bond acceptors (Lipinski definition) is 8. The first-order chi connectivity index (χ1) is 17.6. The Kier molecular flexibility index (Phi) is 7.48. The molecule has 192 valence electrons. The fourth-order valence-electron chi connectivity index (χ4n) is 3.73. The summed E-state index contributed by atoms with van der Waals surface area (Å²) in [6.45, 7) is 1.94. The Labute approximate surface area is 216 Å². The van der Waals surface area contributed by atoms with Crippen LogP contribution in [0.15, 0.2) is 63.1 Å². The predicted molar refractivity (Wildman–Crippen MR) is 143 cm³/mol. The summed E-state index contributed by atoms with van der Waals surface area (Å²) in [6, 6.07) is 13.4. The molecule has 0 unspecified atom stereocenters. The minimum atomic E-state index is -1.04. The summed E-state index contributed by atoms with van der Waals surface area (Å²) in [7, 11) is 3.76. The number of aromatic amines is 2. The van der Waals surface area contributed by atoms with E-state index in [2.05, 4.69) is 25.6 Å². The molecule has 3 aromatic rings. The van der Waals surface area contributed by atoms with E-state index in [4.69, 9.17) is 0 Å². The molecule has 11 nitrogen and oxygen atoms in total.